The van der Waals surface area contributed by atoms with Crippen LogP contribution in [0, 0.1) is 0 Å². The van der Waals surface area contributed by atoms with Crippen LogP contribution in [0.3, 0.4) is 0 Å². The Morgan fingerprint density at radius 3 is 2.35 bits per heavy atom. The third-order valence-electron chi connectivity index (χ3n) is 4.05. The molecule has 2 rings (SSSR count). The highest BCUT2D eigenvalue weighted by Gasteiger charge is 2.35. The van der Waals surface area contributed by atoms with E-state index in [2.05, 4.69) is 12.2 Å². The van der Waals surface area contributed by atoms with Gasteiger partial charge in [0.1, 0.15) is 6.04 Å². The number of benzene rings is 1. The molecule has 1 aliphatic heterocycles. The summed E-state index contributed by atoms with van der Waals surface area (Å²) in [5, 5.41) is 2.93. The van der Waals surface area contributed by atoms with Gasteiger partial charge in [0.2, 0.25) is 5.91 Å². The molecule has 1 aromatic rings. The fraction of sp³-hybridized carbons (Fsp3) is 0.556. The van der Waals surface area contributed by atoms with Gasteiger partial charge in [0.15, 0.2) is 0 Å². The first-order valence-corrected chi connectivity index (χ1v) is 8.22. The third kappa shape index (κ3) is 4.03. The maximum absolute atomic E-state index is 12.7. The Kier molecular flexibility index (Phi) is 4.97. The highest BCUT2D eigenvalue weighted by atomic mass is 16.2. The largest absolute Gasteiger partial charge is 0.333 e. The number of hydrogen-bond donors (Lipinski definition) is 1. The minimum atomic E-state index is -0.461. The highest BCUT2D eigenvalue weighted by molar-refractivity contribution is 6.00. The highest BCUT2D eigenvalue weighted by Crippen LogP contribution is 2.21. The fourth-order valence-corrected chi connectivity index (χ4v) is 2.71. The van der Waals surface area contributed by atoms with Crippen molar-refractivity contribution < 1.29 is 9.59 Å². The van der Waals surface area contributed by atoms with Gasteiger partial charge in [0.05, 0.1) is 0 Å². The van der Waals surface area contributed by atoms with Crippen molar-refractivity contribution in [1.29, 1.82) is 0 Å². The molecule has 126 valence electrons. The lowest BCUT2D eigenvalue weighted by molar-refractivity contribution is -0.124. The molecule has 1 aromatic carbocycles. The van der Waals surface area contributed by atoms with Crippen molar-refractivity contribution >= 4 is 17.6 Å². The first-order chi connectivity index (χ1) is 10.7. The molecule has 1 heterocycles. The smallest absolute Gasteiger partial charge is 0.318 e. The Bertz CT molecular complexity index is 575. The van der Waals surface area contributed by atoms with Crippen LogP contribution >= 0.6 is 0 Å². The second-order valence-corrected chi connectivity index (χ2v) is 7.06. The normalized spacial score (nSPS) is 19.0. The van der Waals surface area contributed by atoms with E-state index in [9.17, 15) is 9.59 Å². The predicted molar refractivity (Wildman–Crippen MR) is 92.6 cm³/mol. The summed E-state index contributed by atoms with van der Waals surface area (Å²) in [6.45, 7) is 10.7. The lowest BCUT2D eigenvalue weighted by Crippen LogP contribution is -2.61. The van der Waals surface area contributed by atoms with Crippen LogP contribution in [-0.2, 0) is 11.2 Å². The second-order valence-electron chi connectivity index (χ2n) is 7.06. The van der Waals surface area contributed by atoms with Gasteiger partial charge in [-0.2, -0.15) is 0 Å². The van der Waals surface area contributed by atoms with Gasteiger partial charge in [-0.25, -0.2) is 4.79 Å². The summed E-state index contributed by atoms with van der Waals surface area (Å²) in [4.78, 5) is 28.4. The maximum atomic E-state index is 12.7. The molecule has 0 radical (unpaired) electrons. The van der Waals surface area contributed by atoms with Crippen molar-refractivity contribution in [3.05, 3.63) is 29.8 Å². The van der Waals surface area contributed by atoms with E-state index in [1.54, 1.807) is 16.7 Å². The topological polar surface area (TPSA) is 52.6 Å². The lowest BCUT2D eigenvalue weighted by atomic mass is 10.1. The molecule has 0 bridgehead atoms. The van der Waals surface area contributed by atoms with Gasteiger partial charge in [0, 0.05) is 24.3 Å². The molecular weight excluding hydrogens is 290 g/mol. The van der Waals surface area contributed by atoms with Gasteiger partial charge in [-0.1, -0.05) is 19.1 Å². The number of carbonyl (C=O) groups is 2. The molecule has 5 heteroatoms. The summed E-state index contributed by atoms with van der Waals surface area (Å²) in [5.41, 5.74) is 1.83. The number of nitrogens with zero attached hydrogens (tertiary/aromatic N) is 2. The average Bonchev–Trinajstić information content (AvgIpc) is 2.48. The Hall–Kier alpha value is -2.04. The van der Waals surface area contributed by atoms with Crippen molar-refractivity contribution in [3.63, 3.8) is 0 Å². The van der Waals surface area contributed by atoms with Crippen molar-refractivity contribution in [2.45, 2.75) is 52.6 Å². The van der Waals surface area contributed by atoms with E-state index < -0.39 is 6.04 Å². The molecule has 0 spiro atoms. The summed E-state index contributed by atoms with van der Waals surface area (Å²) >= 11 is 0. The number of amides is 3. The average molecular weight is 317 g/mol. The van der Waals surface area contributed by atoms with Gasteiger partial charge in [0.25, 0.3) is 0 Å². The van der Waals surface area contributed by atoms with Crippen molar-refractivity contribution in [2.24, 2.45) is 0 Å². The van der Waals surface area contributed by atoms with E-state index in [1.807, 2.05) is 45.0 Å². The van der Waals surface area contributed by atoms with Gasteiger partial charge >= 0.3 is 6.03 Å². The summed E-state index contributed by atoms with van der Waals surface area (Å²) in [7, 11) is 0. The van der Waals surface area contributed by atoms with Crippen LogP contribution < -0.4 is 10.2 Å². The Morgan fingerprint density at radius 1 is 1.22 bits per heavy atom. The molecule has 5 nitrogen and oxygen atoms in total. The fourth-order valence-electron chi connectivity index (χ4n) is 2.71. The summed E-state index contributed by atoms with van der Waals surface area (Å²) in [5.74, 6) is -0.0374. The number of piperazine rings is 1. The Morgan fingerprint density at radius 2 is 1.83 bits per heavy atom. The van der Waals surface area contributed by atoms with Gasteiger partial charge in [-0.15, -0.1) is 0 Å². The molecule has 1 aliphatic rings. The number of carbonyl (C=O) groups excluding carboxylic acids is 2. The number of hydrogen-bond acceptors (Lipinski definition) is 2. The zero-order chi connectivity index (χ0) is 17.2. The van der Waals surface area contributed by atoms with E-state index in [-0.39, 0.29) is 17.5 Å². The molecule has 1 saturated heterocycles. The number of aryl methyl sites for hydroxylation is 1. The van der Waals surface area contributed by atoms with Gasteiger partial charge in [-0.3, -0.25) is 4.79 Å². The quantitative estimate of drug-likeness (QED) is 0.912. The molecule has 0 unspecified atom stereocenters. The lowest BCUT2D eigenvalue weighted by Gasteiger charge is -2.40. The molecule has 0 aliphatic carbocycles. The molecular formula is C18H27N3O2. The molecule has 0 aromatic heterocycles. The van der Waals surface area contributed by atoms with E-state index in [4.69, 9.17) is 0 Å². The van der Waals surface area contributed by atoms with Crippen LogP contribution in [0.2, 0.25) is 0 Å². The van der Waals surface area contributed by atoms with Crippen LogP contribution in [0.25, 0.3) is 0 Å². The minimum absolute atomic E-state index is 0.0374. The zero-order valence-corrected chi connectivity index (χ0v) is 14.7. The first kappa shape index (κ1) is 17.3. The second kappa shape index (κ2) is 6.60. The summed E-state index contributed by atoms with van der Waals surface area (Å²) < 4.78 is 0. The number of urea groups is 1. The molecule has 1 fully saturated rings. The van der Waals surface area contributed by atoms with E-state index in [0.717, 1.165) is 12.1 Å². The Labute approximate surface area is 138 Å². The van der Waals surface area contributed by atoms with Crippen LogP contribution in [0.4, 0.5) is 10.5 Å². The monoisotopic (exact) mass is 317 g/mol. The van der Waals surface area contributed by atoms with E-state index in [1.165, 1.54) is 5.56 Å². The maximum Gasteiger partial charge on any atom is 0.318 e. The number of rotatable bonds is 2. The Balaban J connectivity index is 2.10. The first-order valence-electron chi connectivity index (χ1n) is 8.22. The third-order valence-corrected chi connectivity index (χ3v) is 4.05. The summed E-state index contributed by atoms with van der Waals surface area (Å²) in [6.07, 6.45) is 0.978. The molecule has 0 saturated carbocycles. The van der Waals surface area contributed by atoms with Crippen molar-refractivity contribution in [3.8, 4) is 0 Å². The number of anilines is 1. The van der Waals surface area contributed by atoms with E-state index >= 15 is 0 Å². The van der Waals surface area contributed by atoms with E-state index in [0.29, 0.717) is 13.1 Å². The van der Waals surface area contributed by atoms with Crippen LogP contribution in [0.1, 0.15) is 40.2 Å². The predicted octanol–water partition coefficient (Wildman–Crippen LogP) is 2.79. The van der Waals surface area contributed by atoms with Gasteiger partial charge in [-0.05, 0) is 51.8 Å². The summed E-state index contributed by atoms with van der Waals surface area (Å²) in [6, 6.07) is 7.41. The van der Waals surface area contributed by atoms with Crippen LogP contribution in [0.15, 0.2) is 24.3 Å². The SMILES string of the molecule is CCc1ccc(N2CCN(C(=O)NC(C)(C)C)[C@@H](C)C2=O)cc1. The van der Waals surface area contributed by atoms with Crippen molar-refractivity contribution in [2.75, 3.05) is 18.0 Å². The standard InChI is InChI=1S/C18H27N3O2/c1-6-14-7-9-15(10-8-14)21-12-11-20(13(2)16(21)22)17(23)19-18(3,4)5/h7-10,13H,6,11-12H2,1-5H3,(H,19,23)/t13-/m0/s1. The van der Waals surface area contributed by atoms with Crippen molar-refractivity contribution in [1.82, 2.24) is 10.2 Å². The van der Waals surface area contributed by atoms with Crippen LogP contribution in [-0.4, -0.2) is 41.5 Å². The van der Waals surface area contributed by atoms with Crippen LogP contribution in [0.5, 0.6) is 0 Å². The van der Waals surface area contributed by atoms with Gasteiger partial charge < -0.3 is 15.1 Å². The number of nitrogens with one attached hydrogen (secondary N) is 1. The molecule has 1 N–H and O–H groups in total. The zero-order valence-electron chi connectivity index (χ0n) is 14.7. The molecule has 1 atom stereocenters. The minimum Gasteiger partial charge on any atom is -0.333 e. The molecule has 23 heavy (non-hydrogen) atoms. The molecule has 3 amide bonds.